The van der Waals surface area contributed by atoms with Crippen molar-refractivity contribution < 1.29 is 4.74 Å². The summed E-state index contributed by atoms with van der Waals surface area (Å²) >= 11 is 0. The molecule has 1 aromatic heterocycles. The molecular formula is C30H47N2O3. The molecule has 1 aromatic carbocycles. The number of nitrogens with zero attached hydrogens (tertiary/aromatic N) is 1. The van der Waals surface area contributed by atoms with Crippen LogP contribution in [-0.4, -0.2) is 22.8 Å². The molecule has 0 aliphatic heterocycles. The van der Waals surface area contributed by atoms with Crippen molar-refractivity contribution in [2.45, 2.75) is 110 Å². The lowest BCUT2D eigenvalue weighted by Crippen LogP contribution is -2.32. The summed E-state index contributed by atoms with van der Waals surface area (Å²) < 4.78 is 7.39. The van der Waals surface area contributed by atoms with Crippen LogP contribution >= 0.6 is 0 Å². The first kappa shape index (κ1) is 29.1. The molecule has 0 fully saturated rings. The minimum Gasteiger partial charge on any atom is -0.381 e. The third-order valence-corrected chi connectivity index (χ3v) is 6.57. The van der Waals surface area contributed by atoms with Crippen molar-refractivity contribution in [1.82, 2.24) is 9.55 Å². The molecule has 1 N–H and O–H groups in total. The van der Waals surface area contributed by atoms with E-state index in [1.54, 1.807) is 6.20 Å². The summed E-state index contributed by atoms with van der Waals surface area (Å²) in [6.45, 7) is 3.75. The first-order chi connectivity index (χ1) is 17.2. The first-order valence-corrected chi connectivity index (χ1v) is 14.0. The van der Waals surface area contributed by atoms with Crippen molar-refractivity contribution in [3.63, 3.8) is 0 Å². The Kier molecular flexibility index (Phi) is 15.9. The van der Waals surface area contributed by atoms with Gasteiger partial charge < -0.3 is 4.74 Å². The quantitative estimate of drug-likeness (QED) is 0.190. The van der Waals surface area contributed by atoms with Gasteiger partial charge in [0.05, 0.1) is 0 Å². The first-order valence-electron chi connectivity index (χ1n) is 14.0. The van der Waals surface area contributed by atoms with Gasteiger partial charge in [0.2, 0.25) is 0 Å². The smallest absolute Gasteiger partial charge is 0.329 e. The largest absolute Gasteiger partial charge is 0.381 e. The number of benzene rings is 1. The van der Waals surface area contributed by atoms with Crippen molar-refractivity contribution in [1.29, 1.82) is 0 Å². The summed E-state index contributed by atoms with van der Waals surface area (Å²) in [5.74, 6) is 0. The van der Waals surface area contributed by atoms with Crippen LogP contribution in [0.5, 0.6) is 0 Å². The van der Waals surface area contributed by atoms with Crippen LogP contribution in [0.1, 0.15) is 115 Å². The average Bonchev–Trinajstić information content (AvgIpc) is 2.87. The third kappa shape index (κ3) is 12.9. The van der Waals surface area contributed by atoms with Crippen molar-refractivity contribution in [3.8, 4) is 0 Å². The second-order valence-corrected chi connectivity index (χ2v) is 9.60. The maximum atomic E-state index is 12.3. The molecule has 35 heavy (non-hydrogen) atoms. The van der Waals surface area contributed by atoms with E-state index in [4.69, 9.17) is 4.74 Å². The molecule has 5 heteroatoms. The Morgan fingerprint density at radius 1 is 0.714 bits per heavy atom. The molecule has 5 nitrogen and oxygen atoms in total. The highest BCUT2D eigenvalue weighted by molar-refractivity contribution is 5.30. The topological polar surface area (TPSA) is 64.1 Å². The lowest BCUT2D eigenvalue weighted by molar-refractivity contribution is 0.126. The molecule has 1 heterocycles. The summed E-state index contributed by atoms with van der Waals surface area (Å²) in [5.41, 5.74) is 0.198. The number of hydrogen-bond acceptors (Lipinski definition) is 3. The standard InChI is InChI=1S/C30H47N2O3/c1-2-3-4-5-6-7-8-9-10-11-12-13-14-18-25-35-26-19-22-28(27-20-16-15-17-21-27)32-24-23-29(33)31-30(32)34/h15-17,20-21,23-24H,2-14,18-19,22,25-26H2,1H3,(H,31,33,34). The molecule has 0 saturated heterocycles. The van der Waals surface area contributed by atoms with Gasteiger partial charge in [0, 0.05) is 25.5 Å². The van der Waals surface area contributed by atoms with Crippen molar-refractivity contribution in [2.75, 3.05) is 13.2 Å². The summed E-state index contributed by atoms with van der Waals surface area (Å²) in [7, 11) is 0. The van der Waals surface area contributed by atoms with Gasteiger partial charge in [-0.2, -0.15) is 0 Å². The number of aromatic nitrogens is 2. The molecule has 0 saturated carbocycles. The number of hydrogen-bond donors (Lipinski definition) is 1. The fourth-order valence-electron chi connectivity index (χ4n) is 4.51. The number of rotatable bonds is 21. The highest BCUT2D eigenvalue weighted by atomic mass is 16.5. The van der Waals surface area contributed by atoms with Crippen LogP contribution < -0.4 is 11.2 Å². The minimum absolute atomic E-state index is 0.379. The Bertz CT molecular complexity index is 875. The second kappa shape index (κ2) is 19.1. The van der Waals surface area contributed by atoms with Crippen LogP contribution in [0.2, 0.25) is 0 Å². The van der Waals surface area contributed by atoms with E-state index in [-0.39, 0.29) is 5.56 Å². The summed E-state index contributed by atoms with van der Waals surface area (Å²) in [6.07, 6.45) is 22.1. The molecule has 0 atom stereocenters. The molecule has 0 aliphatic carbocycles. The van der Waals surface area contributed by atoms with Crippen LogP contribution in [0.25, 0.3) is 0 Å². The Morgan fingerprint density at radius 2 is 1.26 bits per heavy atom. The predicted molar refractivity (Wildman–Crippen MR) is 146 cm³/mol. The van der Waals surface area contributed by atoms with E-state index in [2.05, 4.69) is 11.9 Å². The van der Waals surface area contributed by atoms with Gasteiger partial charge in [0.15, 0.2) is 0 Å². The van der Waals surface area contributed by atoms with Gasteiger partial charge in [-0.15, -0.1) is 0 Å². The monoisotopic (exact) mass is 483 g/mol. The molecule has 2 rings (SSSR count). The summed E-state index contributed by atoms with van der Waals surface area (Å²) in [4.78, 5) is 26.1. The van der Waals surface area contributed by atoms with Crippen LogP contribution in [0, 0.1) is 6.04 Å². The molecule has 0 aliphatic rings. The van der Waals surface area contributed by atoms with Crippen molar-refractivity contribution in [3.05, 3.63) is 75.0 Å². The average molecular weight is 484 g/mol. The number of ether oxygens (including phenoxy) is 1. The molecular weight excluding hydrogens is 436 g/mol. The Hall–Kier alpha value is -2.14. The van der Waals surface area contributed by atoms with E-state index >= 15 is 0 Å². The van der Waals surface area contributed by atoms with Gasteiger partial charge in [0.1, 0.15) is 6.04 Å². The number of H-pyrrole nitrogens is 1. The van der Waals surface area contributed by atoms with E-state index in [9.17, 15) is 9.59 Å². The lowest BCUT2D eigenvalue weighted by atomic mass is 10.0. The van der Waals surface area contributed by atoms with Gasteiger partial charge in [-0.3, -0.25) is 14.3 Å². The van der Waals surface area contributed by atoms with E-state index < -0.39 is 5.69 Å². The molecule has 0 amide bonds. The molecule has 0 spiro atoms. The van der Waals surface area contributed by atoms with Gasteiger partial charge in [-0.05, 0) is 24.8 Å². The number of nitrogens with one attached hydrogen (secondary N) is 1. The van der Waals surface area contributed by atoms with Crippen molar-refractivity contribution >= 4 is 0 Å². The van der Waals surface area contributed by atoms with Crippen LogP contribution in [0.4, 0.5) is 0 Å². The van der Waals surface area contributed by atoms with Gasteiger partial charge in [-0.25, -0.2) is 4.79 Å². The zero-order valence-corrected chi connectivity index (χ0v) is 21.9. The SMILES string of the molecule is CCCCCCCCCCCCCCCCOCCC[C](c1ccccc1)n1ccc(=O)[nH]c1=O. The predicted octanol–water partition coefficient (Wildman–Crippen LogP) is 7.24. The summed E-state index contributed by atoms with van der Waals surface area (Å²) in [6, 6.07) is 12.1. The number of unbranched alkanes of at least 4 members (excludes halogenated alkanes) is 13. The molecule has 195 valence electrons. The normalized spacial score (nSPS) is 11.4. The maximum Gasteiger partial charge on any atom is 0.329 e. The zero-order chi connectivity index (χ0) is 25.0. The lowest BCUT2D eigenvalue weighted by Gasteiger charge is -2.18. The second-order valence-electron chi connectivity index (χ2n) is 9.60. The third-order valence-electron chi connectivity index (χ3n) is 6.57. The van der Waals surface area contributed by atoms with Gasteiger partial charge in [-0.1, -0.05) is 121 Å². The molecule has 0 bridgehead atoms. The zero-order valence-electron chi connectivity index (χ0n) is 21.9. The van der Waals surface area contributed by atoms with Crippen LogP contribution in [0.15, 0.2) is 52.2 Å². The van der Waals surface area contributed by atoms with E-state index in [0.717, 1.165) is 31.1 Å². The number of aromatic amines is 1. The summed E-state index contributed by atoms with van der Waals surface area (Å²) in [5, 5.41) is 0. The van der Waals surface area contributed by atoms with E-state index in [1.807, 2.05) is 30.3 Å². The maximum absolute atomic E-state index is 12.3. The highest BCUT2D eigenvalue weighted by Crippen LogP contribution is 2.20. The van der Waals surface area contributed by atoms with E-state index in [0.29, 0.717) is 13.0 Å². The Morgan fingerprint density at radius 3 is 1.83 bits per heavy atom. The fourth-order valence-corrected chi connectivity index (χ4v) is 4.51. The minimum atomic E-state index is -0.403. The molecule has 2 aromatic rings. The van der Waals surface area contributed by atoms with E-state index in [1.165, 1.54) is 94.1 Å². The van der Waals surface area contributed by atoms with Crippen molar-refractivity contribution in [2.24, 2.45) is 0 Å². The highest BCUT2D eigenvalue weighted by Gasteiger charge is 2.16. The molecule has 1 radical (unpaired) electrons. The van der Waals surface area contributed by atoms with Gasteiger partial charge >= 0.3 is 5.69 Å². The van der Waals surface area contributed by atoms with Crippen LogP contribution in [-0.2, 0) is 4.74 Å². The molecule has 0 unspecified atom stereocenters. The van der Waals surface area contributed by atoms with Crippen LogP contribution in [0.3, 0.4) is 0 Å². The fraction of sp³-hybridized carbons (Fsp3) is 0.633. The van der Waals surface area contributed by atoms with Gasteiger partial charge in [0.25, 0.3) is 5.56 Å². The Balaban J connectivity index is 1.50. The Labute approximate surface area is 212 Å².